The van der Waals surface area contributed by atoms with Crippen molar-refractivity contribution in [1.82, 2.24) is 9.88 Å². The third kappa shape index (κ3) is 3.51. The molecule has 1 aromatic heterocycles. The molecule has 118 valence electrons. The van der Waals surface area contributed by atoms with Crippen LogP contribution in [0.4, 0.5) is 0 Å². The Kier molecular flexibility index (Phi) is 4.52. The van der Waals surface area contributed by atoms with Crippen LogP contribution in [0.5, 0.6) is 0 Å². The fourth-order valence-electron chi connectivity index (χ4n) is 2.92. The molecule has 0 amide bonds. The van der Waals surface area contributed by atoms with E-state index in [0.717, 1.165) is 36.7 Å². The van der Waals surface area contributed by atoms with Crippen LogP contribution < -0.4 is 0 Å². The van der Waals surface area contributed by atoms with Gasteiger partial charge in [0.2, 0.25) is 5.89 Å². The van der Waals surface area contributed by atoms with E-state index in [4.69, 9.17) is 20.8 Å². The highest BCUT2D eigenvalue weighted by atomic mass is 35.5. The summed E-state index contributed by atoms with van der Waals surface area (Å²) in [6.45, 7) is 8.82. The molecule has 2 aromatic rings. The molecule has 1 fully saturated rings. The normalized spacial score (nSPS) is 22.9. The van der Waals surface area contributed by atoms with Crippen LogP contribution in [0.3, 0.4) is 0 Å². The maximum atomic E-state index is 5.92. The van der Waals surface area contributed by atoms with E-state index in [1.54, 1.807) is 0 Å². The minimum atomic E-state index is 0.256. The summed E-state index contributed by atoms with van der Waals surface area (Å²) >= 11 is 5.92. The standard InChI is InChI=1S/C17H21ClN2O2/c1-11-8-20(9-12(2)21-11)10-16-13(3)22-17(19-16)14-4-6-15(18)7-5-14/h4-7,11-12H,8-10H2,1-3H3/t11-,12+. The molecule has 3 rings (SSSR count). The quantitative estimate of drug-likeness (QED) is 0.859. The van der Waals surface area contributed by atoms with Crippen LogP contribution in [0.1, 0.15) is 25.3 Å². The zero-order valence-electron chi connectivity index (χ0n) is 13.2. The molecule has 0 radical (unpaired) electrons. The maximum Gasteiger partial charge on any atom is 0.226 e. The number of halogens is 1. The van der Waals surface area contributed by atoms with E-state index in [-0.39, 0.29) is 12.2 Å². The number of benzene rings is 1. The van der Waals surface area contributed by atoms with Gasteiger partial charge in [0.05, 0.1) is 17.9 Å². The number of ether oxygens (including phenoxy) is 1. The average molecular weight is 321 g/mol. The number of oxazole rings is 1. The van der Waals surface area contributed by atoms with Crippen LogP contribution >= 0.6 is 11.6 Å². The highest BCUT2D eigenvalue weighted by Crippen LogP contribution is 2.24. The minimum Gasteiger partial charge on any atom is -0.441 e. The van der Waals surface area contributed by atoms with Crippen molar-refractivity contribution < 1.29 is 9.15 Å². The summed E-state index contributed by atoms with van der Waals surface area (Å²) in [7, 11) is 0. The van der Waals surface area contributed by atoms with Crippen molar-refractivity contribution in [2.45, 2.75) is 39.5 Å². The first-order valence-corrected chi connectivity index (χ1v) is 7.99. The van der Waals surface area contributed by atoms with Gasteiger partial charge in [0, 0.05) is 30.2 Å². The van der Waals surface area contributed by atoms with Gasteiger partial charge in [0.25, 0.3) is 0 Å². The van der Waals surface area contributed by atoms with Gasteiger partial charge in [-0.1, -0.05) is 11.6 Å². The van der Waals surface area contributed by atoms with Crippen LogP contribution in [0.25, 0.3) is 11.5 Å². The molecule has 4 nitrogen and oxygen atoms in total. The van der Waals surface area contributed by atoms with Gasteiger partial charge in [-0.05, 0) is 45.0 Å². The molecular weight excluding hydrogens is 300 g/mol. The van der Waals surface area contributed by atoms with Gasteiger partial charge in [0.15, 0.2) is 0 Å². The SMILES string of the molecule is Cc1oc(-c2ccc(Cl)cc2)nc1CN1C[C@@H](C)O[C@@H](C)C1. The maximum absolute atomic E-state index is 5.92. The lowest BCUT2D eigenvalue weighted by atomic mass is 10.2. The molecule has 0 spiro atoms. The van der Waals surface area contributed by atoms with E-state index in [2.05, 4.69) is 23.7 Å². The number of morpholine rings is 1. The van der Waals surface area contributed by atoms with Crippen LogP contribution in [0.2, 0.25) is 5.02 Å². The van der Waals surface area contributed by atoms with Crippen molar-refractivity contribution in [3.63, 3.8) is 0 Å². The van der Waals surface area contributed by atoms with Crippen molar-refractivity contribution in [3.05, 3.63) is 40.7 Å². The first kappa shape index (κ1) is 15.5. The van der Waals surface area contributed by atoms with Crippen molar-refractivity contribution in [2.24, 2.45) is 0 Å². The summed E-state index contributed by atoms with van der Waals surface area (Å²) in [5.41, 5.74) is 1.94. The van der Waals surface area contributed by atoms with E-state index >= 15 is 0 Å². The van der Waals surface area contributed by atoms with Gasteiger partial charge in [-0.3, -0.25) is 4.90 Å². The lowest BCUT2D eigenvalue weighted by Crippen LogP contribution is -2.44. The highest BCUT2D eigenvalue weighted by Gasteiger charge is 2.24. The topological polar surface area (TPSA) is 38.5 Å². The second-order valence-corrected chi connectivity index (χ2v) is 6.42. The van der Waals surface area contributed by atoms with Gasteiger partial charge in [-0.15, -0.1) is 0 Å². The summed E-state index contributed by atoms with van der Waals surface area (Å²) in [6, 6.07) is 7.55. The number of aryl methyl sites for hydroxylation is 1. The smallest absolute Gasteiger partial charge is 0.226 e. The van der Waals surface area contributed by atoms with E-state index in [1.807, 2.05) is 31.2 Å². The Morgan fingerprint density at radius 2 is 1.82 bits per heavy atom. The third-order valence-corrected chi connectivity index (χ3v) is 4.10. The molecular formula is C17H21ClN2O2. The van der Waals surface area contributed by atoms with E-state index in [1.165, 1.54) is 0 Å². The summed E-state index contributed by atoms with van der Waals surface area (Å²) in [4.78, 5) is 7.03. The van der Waals surface area contributed by atoms with Gasteiger partial charge in [0.1, 0.15) is 5.76 Å². The predicted octanol–water partition coefficient (Wildman–Crippen LogP) is 3.91. The molecule has 2 heterocycles. The summed E-state index contributed by atoms with van der Waals surface area (Å²) < 4.78 is 11.6. The third-order valence-electron chi connectivity index (χ3n) is 3.85. The minimum absolute atomic E-state index is 0.256. The molecule has 0 unspecified atom stereocenters. The monoisotopic (exact) mass is 320 g/mol. The summed E-state index contributed by atoms with van der Waals surface area (Å²) in [6.07, 6.45) is 0.512. The zero-order chi connectivity index (χ0) is 15.7. The Balaban J connectivity index is 1.76. The zero-order valence-corrected chi connectivity index (χ0v) is 13.9. The van der Waals surface area contributed by atoms with Gasteiger partial charge >= 0.3 is 0 Å². The second-order valence-electron chi connectivity index (χ2n) is 5.98. The Labute approximate surface area is 136 Å². The number of nitrogens with zero attached hydrogens (tertiary/aromatic N) is 2. The molecule has 1 aromatic carbocycles. The fourth-order valence-corrected chi connectivity index (χ4v) is 3.04. The van der Waals surface area contributed by atoms with E-state index in [0.29, 0.717) is 10.9 Å². The van der Waals surface area contributed by atoms with Gasteiger partial charge in [-0.2, -0.15) is 0 Å². The van der Waals surface area contributed by atoms with Crippen LogP contribution in [0.15, 0.2) is 28.7 Å². The predicted molar refractivity (Wildman–Crippen MR) is 87.0 cm³/mol. The van der Waals surface area contributed by atoms with Crippen LogP contribution in [-0.2, 0) is 11.3 Å². The number of rotatable bonds is 3. The van der Waals surface area contributed by atoms with Crippen molar-refractivity contribution >= 4 is 11.6 Å². The summed E-state index contributed by atoms with van der Waals surface area (Å²) in [5.74, 6) is 1.52. The summed E-state index contributed by atoms with van der Waals surface area (Å²) in [5, 5.41) is 0.712. The van der Waals surface area contributed by atoms with Crippen molar-refractivity contribution in [3.8, 4) is 11.5 Å². The first-order chi connectivity index (χ1) is 10.5. The number of hydrogen-bond acceptors (Lipinski definition) is 4. The highest BCUT2D eigenvalue weighted by molar-refractivity contribution is 6.30. The Morgan fingerprint density at radius 3 is 2.45 bits per heavy atom. The number of hydrogen-bond donors (Lipinski definition) is 0. The Hall–Kier alpha value is -1.36. The van der Waals surface area contributed by atoms with E-state index < -0.39 is 0 Å². The number of aromatic nitrogens is 1. The fraction of sp³-hybridized carbons (Fsp3) is 0.471. The molecule has 0 saturated carbocycles. The lowest BCUT2D eigenvalue weighted by molar-refractivity contribution is -0.0708. The molecule has 0 N–H and O–H groups in total. The average Bonchev–Trinajstić information content (AvgIpc) is 2.80. The molecule has 1 saturated heterocycles. The van der Waals surface area contributed by atoms with Crippen LogP contribution in [0, 0.1) is 6.92 Å². The molecule has 0 aliphatic carbocycles. The van der Waals surface area contributed by atoms with Crippen molar-refractivity contribution in [2.75, 3.05) is 13.1 Å². The molecule has 2 atom stereocenters. The molecule has 0 bridgehead atoms. The van der Waals surface area contributed by atoms with Crippen LogP contribution in [-0.4, -0.2) is 35.2 Å². The van der Waals surface area contributed by atoms with Gasteiger partial charge in [-0.25, -0.2) is 4.98 Å². The Morgan fingerprint density at radius 1 is 1.18 bits per heavy atom. The molecule has 22 heavy (non-hydrogen) atoms. The molecule has 1 aliphatic rings. The largest absolute Gasteiger partial charge is 0.441 e. The first-order valence-electron chi connectivity index (χ1n) is 7.61. The van der Waals surface area contributed by atoms with Crippen molar-refractivity contribution in [1.29, 1.82) is 0 Å². The Bertz CT molecular complexity index is 629. The lowest BCUT2D eigenvalue weighted by Gasteiger charge is -2.34. The molecule has 1 aliphatic heterocycles. The molecule has 5 heteroatoms. The van der Waals surface area contributed by atoms with E-state index in [9.17, 15) is 0 Å². The van der Waals surface area contributed by atoms with Gasteiger partial charge < -0.3 is 9.15 Å². The second kappa shape index (κ2) is 6.41.